The summed E-state index contributed by atoms with van der Waals surface area (Å²) < 4.78 is 28.6. The van der Waals surface area contributed by atoms with Gasteiger partial charge >= 0.3 is 0 Å². The first kappa shape index (κ1) is 20.4. The Kier molecular flexibility index (Phi) is 5.21. The fraction of sp³-hybridized carbons (Fsp3) is 0.167. The summed E-state index contributed by atoms with van der Waals surface area (Å²) in [7, 11) is -3.75. The highest BCUT2D eigenvalue weighted by Crippen LogP contribution is 2.51. The fourth-order valence-electron chi connectivity index (χ4n) is 4.54. The molecule has 0 bridgehead atoms. The predicted octanol–water partition coefficient (Wildman–Crippen LogP) is 6.62. The van der Waals surface area contributed by atoms with Gasteiger partial charge in [-0.2, -0.15) is 0 Å². The molecule has 1 heterocycles. The molecule has 158 valence electrons. The Morgan fingerprint density at radius 1 is 0.935 bits per heavy atom. The van der Waals surface area contributed by atoms with Gasteiger partial charge in [-0.1, -0.05) is 59.6 Å². The summed E-state index contributed by atoms with van der Waals surface area (Å²) in [5.41, 5.74) is 3.41. The van der Waals surface area contributed by atoms with Gasteiger partial charge in [-0.15, -0.1) is 0 Å². The molecule has 3 aromatic carbocycles. The van der Waals surface area contributed by atoms with Gasteiger partial charge in [-0.25, -0.2) is 8.42 Å². The third-order valence-electron chi connectivity index (χ3n) is 5.96. The Labute approximate surface area is 192 Å². The van der Waals surface area contributed by atoms with Crippen molar-refractivity contribution in [2.24, 2.45) is 5.92 Å². The third kappa shape index (κ3) is 3.82. The summed E-state index contributed by atoms with van der Waals surface area (Å²) in [4.78, 5) is 0.225. The van der Waals surface area contributed by atoms with Crippen LogP contribution in [-0.2, 0) is 10.0 Å². The molecule has 7 heteroatoms. The van der Waals surface area contributed by atoms with E-state index in [1.54, 1.807) is 36.4 Å². The molecule has 2 aliphatic rings. The quantitative estimate of drug-likeness (QED) is 0.421. The molecule has 0 spiro atoms. The van der Waals surface area contributed by atoms with E-state index in [-0.39, 0.29) is 22.8 Å². The van der Waals surface area contributed by atoms with Crippen molar-refractivity contribution in [3.8, 4) is 0 Å². The number of benzene rings is 3. The number of rotatable bonds is 4. The smallest absolute Gasteiger partial charge is 0.261 e. The minimum atomic E-state index is -3.75. The molecule has 0 amide bonds. The van der Waals surface area contributed by atoms with E-state index >= 15 is 0 Å². The number of sulfonamides is 1. The van der Waals surface area contributed by atoms with Gasteiger partial charge in [0.1, 0.15) is 0 Å². The molecule has 1 aliphatic heterocycles. The number of fused-ring (bicyclic) bond motifs is 3. The van der Waals surface area contributed by atoms with E-state index in [1.165, 1.54) is 0 Å². The average Bonchev–Trinajstić information content (AvgIpc) is 3.23. The average molecular weight is 471 g/mol. The highest BCUT2D eigenvalue weighted by atomic mass is 35.5. The summed E-state index contributed by atoms with van der Waals surface area (Å²) >= 11 is 12.5. The largest absolute Gasteiger partial charge is 0.378 e. The van der Waals surface area contributed by atoms with Gasteiger partial charge in [0.05, 0.1) is 16.6 Å². The van der Waals surface area contributed by atoms with E-state index in [0.29, 0.717) is 10.7 Å². The van der Waals surface area contributed by atoms with Crippen molar-refractivity contribution in [2.75, 3.05) is 10.0 Å². The van der Waals surface area contributed by atoms with E-state index in [1.807, 2.05) is 30.3 Å². The van der Waals surface area contributed by atoms with Crippen LogP contribution >= 0.6 is 23.2 Å². The van der Waals surface area contributed by atoms with Crippen LogP contribution in [0.4, 0.5) is 11.4 Å². The van der Waals surface area contributed by atoms with Gasteiger partial charge in [-0.05, 0) is 65.9 Å². The fourth-order valence-corrected chi connectivity index (χ4v) is 6.07. The zero-order valence-corrected chi connectivity index (χ0v) is 18.8. The van der Waals surface area contributed by atoms with Gasteiger partial charge < -0.3 is 5.32 Å². The standard InChI is InChI=1S/C24H20Cl2N2O2S/c25-15-5-3-6-16(13-15)28-31(29,30)17-11-12-23-21(14-17)18-8-4-9-19(18)24(27-23)20-7-1-2-10-22(20)26/h1-8,10-14,18-19,24,27-28H,9H2/t18-,19+,24-/m0/s1. The number of allylic oxidation sites excluding steroid dienone is 2. The molecule has 0 saturated heterocycles. The van der Waals surface area contributed by atoms with Crippen LogP contribution in [0.15, 0.2) is 83.8 Å². The van der Waals surface area contributed by atoms with Crippen LogP contribution in [0.25, 0.3) is 0 Å². The molecule has 2 N–H and O–H groups in total. The lowest BCUT2D eigenvalue weighted by Gasteiger charge is -2.38. The highest BCUT2D eigenvalue weighted by Gasteiger charge is 2.39. The molecular weight excluding hydrogens is 451 g/mol. The first-order valence-electron chi connectivity index (χ1n) is 10.0. The second-order valence-electron chi connectivity index (χ2n) is 7.86. The van der Waals surface area contributed by atoms with Crippen molar-refractivity contribution < 1.29 is 8.42 Å². The summed E-state index contributed by atoms with van der Waals surface area (Å²) in [6.07, 6.45) is 5.25. The lowest BCUT2D eigenvalue weighted by atomic mass is 9.77. The van der Waals surface area contributed by atoms with Gasteiger partial charge in [0.2, 0.25) is 0 Å². The number of hydrogen-bond acceptors (Lipinski definition) is 3. The first-order valence-corrected chi connectivity index (χ1v) is 12.3. The first-order chi connectivity index (χ1) is 14.9. The van der Waals surface area contributed by atoms with Crippen LogP contribution in [0, 0.1) is 5.92 Å². The predicted molar refractivity (Wildman–Crippen MR) is 127 cm³/mol. The number of nitrogens with one attached hydrogen (secondary N) is 2. The van der Waals surface area contributed by atoms with E-state index in [4.69, 9.17) is 23.2 Å². The molecule has 0 radical (unpaired) electrons. The SMILES string of the molecule is O=S(=O)(Nc1cccc(Cl)c1)c1ccc2c(c1)[C@H]1C=CC[C@H]1[C@@H](c1ccccc1Cl)N2. The zero-order chi connectivity index (χ0) is 21.6. The van der Waals surface area contributed by atoms with Crippen molar-refractivity contribution in [1.82, 2.24) is 0 Å². The molecule has 31 heavy (non-hydrogen) atoms. The molecule has 0 aromatic heterocycles. The number of hydrogen-bond donors (Lipinski definition) is 2. The van der Waals surface area contributed by atoms with Crippen LogP contribution in [-0.4, -0.2) is 8.42 Å². The zero-order valence-electron chi connectivity index (χ0n) is 16.4. The Hall–Kier alpha value is -2.47. The molecule has 3 aromatic rings. The van der Waals surface area contributed by atoms with Crippen LogP contribution in [0.1, 0.15) is 29.5 Å². The molecule has 5 rings (SSSR count). The molecule has 0 fully saturated rings. The summed E-state index contributed by atoms with van der Waals surface area (Å²) in [5.74, 6) is 0.394. The van der Waals surface area contributed by atoms with Gasteiger partial charge in [0, 0.05) is 21.7 Å². The Morgan fingerprint density at radius 3 is 2.58 bits per heavy atom. The summed E-state index contributed by atoms with van der Waals surface area (Å²) in [5, 5.41) is 4.81. The van der Waals surface area contributed by atoms with E-state index in [0.717, 1.165) is 28.3 Å². The minimum Gasteiger partial charge on any atom is -0.378 e. The van der Waals surface area contributed by atoms with E-state index in [9.17, 15) is 8.42 Å². The second-order valence-corrected chi connectivity index (χ2v) is 10.4. The monoisotopic (exact) mass is 470 g/mol. The van der Waals surface area contributed by atoms with Crippen molar-refractivity contribution in [3.63, 3.8) is 0 Å². The normalized spacial score (nSPS) is 21.8. The second kappa shape index (κ2) is 7.90. The van der Waals surface area contributed by atoms with Gasteiger partial charge in [0.25, 0.3) is 10.0 Å². The third-order valence-corrected chi connectivity index (χ3v) is 7.92. The maximum absolute atomic E-state index is 13.0. The molecule has 1 aliphatic carbocycles. The summed E-state index contributed by atoms with van der Waals surface area (Å²) in [6.45, 7) is 0. The van der Waals surface area contributed by atoms with Crippen LogP contribution in [0.3, 0.4) is 0 Å². The molecule has 3 atom stereocenters. The van der Waals surface area contributed by atoms with Crippen LogP contribution < -0.4 is 10.0 Å². The maximum atomic E-state index is 13.0. The van der Waals surface area contributed by atoms with Crippen LogP contribution in [0.2, 0.25) is 10.0 Å². The Morgan fingerprint density at radius 2 is 1.77 bits per heavy atom. The van der Waals surface area contributed by atoms with Gasteiger partial charge in [0.15, 0.2) is 0 Å². The lowest BCUT2D eigenvalue weighted by molar-refractivity contribution is 0.425. The van der Waals surface area contributed by atoms with Crippen LogP contribution in [0.5, 0.6) is 0 Å². The lowest BCUT2D eigenvalue weighted by Crippen LogP contribution is -2.29. The molecular formula is C24H20Cl2N2O2S. The van der Waals surface area contributed by atoms with Crippen molar-refractivity contribution in [1.29, 1.82) is 0 Å². The molecule has 0 unspecified atom stereocenters. The van der Waals surface area contributed by atoms with Gasteiger partial charge in [-0.3, -0.25) is 4.72 Å². The highest BCUT2D eigenvalue weighted by molar-refractivity contribution is 7.92. The topological polar surface area (TPSA) is 58.2 Å². The molecule has 0 saturated carbocycles. The minimum absolute atomic E-state index is 0.0632. The van der Waals surface area contributed by atoms with Crippen molar-refractivity contribution in [3.05, 3.63) is 100 Å². The Bertz CT molecular complexity index is 1290. The van der Waals surface area contributed by atoms with E-state index < -0.39 is 10.0 Å². The maximum Gasteiger partial charge on any atom is 0.261 e. The summed E-state index contributed by atoms with van der Waals surface area (Å²) in [6, 6.07) is 19.8. The van der Waals surface area contributed by atoms with Crippen molar-refractivity contribution >= 4 is 44.6 Å². The number of halogens is 2. The Balaban J connectivity index is 1.51. The number of anilines is 2. The van der Waals surface area contributed by atoms with Crippen molar-refractivity contribution in [2.45, 2.75) is 23.3 Å². The molecule has 4 nitrogen and oxygen atoms in total. The van der Waals surface area contributed by atoms with E-state index in [2.05, 4.69) is 22.2 Å².